The molecule has 0 aliphatic heterocycles. The molecule has 0 unspecified atom stereocenters. The fraction of sp³-hybridized carbons (Fsp3) is 0.421. The molecule has 0 bridgehead atoms. The Morgan fingerprint density at radius 2 is 1.96 bits per heavy atom. The number of ether oxygens (including phenoxy) is 2. The van der Waals surface area contributed by atoms with Crippen molar-refractivity contribution >= 4 is 41.3 Å². The Morgan fingerprint density at radius 1 is 1.12 bits per heavy atom. The molecule has 1 aromatic heterocycles. The zero-order valence-corrected chi connectivity index (χ0v) is 18.7. The Labute approximate surface area is 177 Å². The van der Waals surface area contributed by atoms with Gasteiger partial charge in [-0.15, -0.1) is 24.0 Å². The van der Waals surface area contributed by atoms with Crippen molar-refractivity contribution < 1.29 is 9.47 Å². The van der Waals surface area contributed by atoms with E-state index in [1.807, 2.05) is 18.2 Å². The lowest BCUT2D eigenvalue weighted by Gasteiger charge is -2.14. The summed E-state index contributed by atoms with van der Waals surface area (Å²) in [7, 11) is 1.66. The van der Waals surface area contributed by atoms with Crippen molar-refractivity contribution in [2.24, 2.45) is 4.99 Å². The van der Waals surface area contributed by atoms with Gasteiger partial charge in [0.1, 0.15) is 0 Å². The van der Waals surface area contributed by atoms with Crippen LogP contribution in [-0.4, -0.2) is 26.2 Å². The molecular formula is C19H28IN3O2S. The minimum absolute atomic E-state index is 0. The maximum absolute atomic E-state index is 5.70. The molecule has 0 amide bonds. The molecule has 2 N–H and O–H groups in total. The van der Waals surface area contributed by atoms with Crippen LogP contribution in [0.3, 0.4) is 0 Å². The summed E-state index contributed by atoms with van der Waals surface area (Å²) in [6.45, 7) is 7.00. The van der Waals surface area contributed by atoms with E-state index in [-0.39, 0.29) is 24.0 Å². The molecule has 26 heavy (non-hydrogen) atoms. The Kier molecular flexibility index (Phi) is 11.1. The zero-order chi connectivity index (χ0) is 17.9. The molecule has 0 aliphatic carbocycles. The molecular weight excluding hydrogens is 461 g/mol. The molecule has 0 aliphatic rings. The van der Waals surface area contributed by atoms with Crippen LogP contribution >= 0.6 is 35.3 Å². The van der Waals surface area contributed by atoms with E-state index in [1.54, 1.807) is 18.4 Å². The SMILES string of the molecule is CCCOc1ccc(CNC(=NCc2ccsc2)NCC)cc1OC.I. The van der Waals surface area contributed by atoms with Gasteiger partial charge in [0.05, 0.1) is 20.3 Å². The quantitative estimate of drug-likeness (QED) is 0.311. The number of nitrogens with one attached hydrogen (secondary N) is 2. The van der Waals surface area contributed by atoms with E-state index in [4.69, 9.17) is 9.47 Å². The summed E-state index contributed by atoms with van der Waals surface area (Å²) in [5, 5.41) is 10.8. The predicted molar refractivity (Wildman–Crippen MR) is 120 cm³/mol. The maximum atomic E-state index is 5.70. The molecule has 0 radical (unpaired) electrons. The molecule has 0 fully saturated rings. The van der Waals surface area contributed by atoms with E-state index in [2.05, 4.69) is 46.3 Å². The van der Waals surface area contributed by atoms with Gasteiger partial charge in [-0.3, -0.25) is 0 Å². The van der Waals surface area contributed by atoms with Gasteiger partial charge in [0.2, 0.25) is 0 Å². The summed E-state index contributed by atoms with van der Waals surface area (Å²) < 4.78 is 11.1. The highest BCUT2D eigenvalue weighted by atomic mass is 127. The van der Waals surface area contributed by atoms with Gasteiger partial charge in [0.15, 0.2) is 17.5 Å². The normalized spacial score (nSPS) is 10.8. The van der Waals surface area contributed by atoms with Gasteiger partial charge in [0, 0.05) is 13.1 Å². The topological polar surface area (TPSA) is 54.9 Å². The Morgan fingerprint density at radius 3 is 2.62 bits per heavy atom. The molecule has 0 saturated heterocycles. The average Bonchev–Trinajstić information content (AvgIpc) is 3.16. The molecule has 0 spiro atoms. The number of aliphatic imine (C=N–C) groups is 1. The monoisotopic (exact) mass is 489 g/mol. The molecule has 1 aromatic carbocycles. The van der Waals surface area contributed by atoms with Crippen LogP contribution in [-0.2, 0) is 13.1 Å². The fourth-order valence-electron chi connectivity index (χ4n) is 2.23. The van der Waals surface area contributed by atoms with E-state index < -0.39 is 0 Å². The summed E-state index contributed by atoms with van der Waals surface area (Å²) in [5.41, 5.74) is 2.34. The number of hydrogen-bond acceptors (Lipinski definition) is 4. The molecule has 1 heterocycles. The summed E-state index contributed by atoms with van der Waals surface area (Å²) in [4.78, 5) is 4.62. The summed E-state index contributed by atoms with van der Waals surface area (Å²) in [6.07, 6.45) is 0.971. The summed E-state index contributed by atoms with van der Waals surface area (Å²) >= 11 is 1.69. The van der Waals surface area contributed by atoms with Gasteiger partial charge in [-0.05, 0) is 53.4 Å². The third-order valence-electron chi connectivity index (χ3n) is 3.49. The van der Waals surface area contributed by atoms with Gasteiger partial charge in [-0.25, -0.2) is 4.99 Å². The number of nitrogens with zero attached hydrogens (tertiary/aromatic N) is 1. The van der Waals surface area contributed by atoms with Crippen LogP contribution in [0.5, 0.6) is 11.5 Å². The molecule has 2 aromatic rings. The van der Waals surface area contributed by atoms with E-state index >= 15 is 0 Å². The Balaban J connectivity index is 0.00000338. The van der Waals surface area contributed by atoms with Crippen molar-refractivity contribution in [3.8, 4) is 11.5 Å². The lowest BCUT2D eigenvalue weighted by atomic mass is 10.2. The van der Waals surface area contributed by atoms with Crippen LogP contribution in [0.2, 0.25) is 0 Å². The molecule has 0 atom stereocenters. The Hall–Kier alpha value is -1.48. The summed E-state index contributed by atoms with van der Waals surface area (Å²) in [6, 6.07) is 8.10. The maximum Gasteiger partial charge on any atom is 0.191 e. The van der Waals surface area contributed by atoms with Crippen molar-refractivity contribution in [1.29, 1.82) is 0 Å². The van der Waals surface area contributed by atoms with Gasteiger partial charge < -0.3 is 20.1 Å². The van der Waals surface area contributed by atoms with Crippen LogP contribution in [0.4, 0.5) is 0 Å². The number of guanidine groups is 1. The first-order valence-corrected chi connectivity index (χ1v) is 9.54. The van der Waals surface area contributed by atoms with Gasteiger partial charge in [-0.1, -0.05) is 13.0 Å². The minimum atomic E-state index is 0. The van der Waals surface area contributed by atoms with E-state index in [0.717, 1.165) is 36.0 Å². The predicted octanol–water partition coefficient (Wildman–Crippen LogP) is 4.42. The third kappa shape index (κ3) is 7.41. The van der Waals surface area contributed by atoms with E-state index in [0.29, 0.717) is 19.7 Å². The van der Waals surface area contributed by atoms with Crippen molar-refractivity contribution in [2.45, 2.75) is 33.4 Å². The smallest absolute Gasteiger partial charge is 0.191 e. The van der Waals surface area contributed by atoms with Crippen LogP contribution in [0.15, 0.2) is 40.0 Å². The van der Waals surface area contributed by atoms with E-state index in [9.17, 15) is 0 Å². The lowest BCUT2D eigenvalue weighted by Crippen LogP contribution is -2.36. The number of halogens is 1. The molecule has 5 nitrogen and oxygen atoms in total. The first kappa shape index (κ1) is 22.6. The number of rotatable bonds is 9. The second-order valence-corrected chi connectivity index (χ2v) is 6.29. The fourth-order valence-corrected chi connectivity index (χ4v) is 2.89. The molecule has 0 saturated carbocycles. The highest BCUT2D eigenvalue weighted by Crippen LogP contribution is 2.28. The largest absolute Gasteiger partial charge is 0.493 e. The van der Waals surface area contributed by atoms with Crippen LogP contribution < -0.4 is 20.1 Å². The van der Waals surface area contributed by atoms with Crippen molar-refractivity contribution in [3.63, 3.8) is 0 Å². The van der Waals surface area contributed by atoms with Crippen molar-refractivity contribution in [1.82, 2.24) is 10.6 Å². The zero-order valence-electron chi connectivity index (χ0n) is 15.6. The molecule has 2 rings (SSSR count). The second-order valence-electron chi connectivity index (χ2n) is 5.51. The number of hydrogen-bond donors (Lipinski definition) is 2. The summed E-state index contributed by atoms with van der Waals surface area (Å²) in [5.74, 6) is 2.35. The first-order chi connectivity index (χ1) is 12.3. The highest BCUT2D eigenvalue weighted by Gasteiger charge is 2.06. The van der Waals surface area contributed by atoms with Crippen LogP contribution in [0.25, 0.3) is 0 Å². The number of benzene rings is 1. The van der Waals surface area contributed by atoms with Gasteiger partial charge in [0.25, 0.3) is 0 Å². The first-order valence-electron chi connectivity index (χ1n) is 8.59. The number of methoxy groups -OCH3 is 1. The van der Waals surface area contributed by atoms with Gasteiger partial charge in [-0.2, -0.15) is 11.3 Å². The standard InChI is InChI=1S/C19H27N3O2S.HI/c1-4-9-24-17-7-6-15(11-18(17)23-3)12-21-19(20-5-2)22-13-16-8-10-25-14-16;/h6-8,10-11,14H,4-5,9,12-13H2,1-3H3,(H2,20,21,22);1H. The Bertz CT molecular complexity index is 663. The molecule has 144 valence electrons. The second kappa shape index (κ2) is 12.8. The highest BCUT2D eigenvalue weighted by molar-refractivity contribution is 14.0. The molecule has 7 heteroatoms. The lowest BCUT2D eigenvalue weighted by molar-refractivity contribution is 0.294. The average molecular weight is 489 g/mol. The number of thiophene rings is 1. The van der Waals surface area contributed by atoms with Crippen LogP contribution in [0.1, 0.15) is 31.4 Å². The van der Waals surface area contributed by atoms with E-state index in [1.165, 1.54) is 5.56 Å². The van der Waals surface area contributed by atoms with Gasteiger partial charge >= 0.3 is 0 Å². The van der Waals surface area contributed by atoms with Crippen LogP contribution in [0, 0.1) is 0 Å². The minimum Gasteiger partial charge on any atom is -0.493 e. The third-order valence-corrected chi connectivity index (χ3v) is 4.23. The van der Waals surface area contributed by atoms with Crippen molar-refractivity contribution in [2.75, 3.05) is 20.3 Å². The van der Waals surface area contributed by atoms with Crippen molar-refractivity contribution in [3.05, 3.63) is 46.2 Å².